The first-order chi connectivity index (χ1) is 9.69. The number of pyridine rings is 1. The standard InChI is InChI=1S/C15H16Cl2N2O/c1-2-18-15-8-7-13(17)14(19-15)10-20-9-11-3-5-12(16)6-4-11/h3-8H,2,9-10H2,1H3,(H,18,19). The predicted octanol–water partition coefficient (Wildman–Crippen LogP) is 4.54. The number of hydrogen-bond donors (Lipinski definition) is 1. The van der Waals surface area contributed by atoms with Gasteiger partial charge in [0.05, 0.1) is 23.9 Å². The number of nitrogens with zero attached hydrogens (tertiary/aromatic N) is 1. The van der Waals surface area contributed by atoms with Gasteiger partial charge in [-0.2, -0.15) is 0 Å². The van der Waals surface area contributed by atoms with Crippen LogP contribution >= 0.6 is 23.2 Å². The summed E-state index contributed by atoms with van der Waals surface area (Å²) in [6.45, 7) is 3.72. The largest absolute Gasteiger partial charge is 0.370 e. The van der Waals surface area contributed by atoms with Gasteiger partial charge in [-0.1, -0.05) is 35.3 Å². The number of rotatable bonds is 6. The van der Waals surface area contributed by atoms with Crippen LogP contribution in [-0.2, 0) is 18.0 Å². The Hall–Kier alpha value is -1.29. The number of aromatic nitrogens is 1. The number of halogens is 2. The Bertz CT molecular complexity index is 558. The van der Waals surface area contributed by atoms with Crippen molar-refractivity contribution >= 4 is 29.0 Å². The molecular formula is C15H16Cl2N2O. The Labute approximate surface area is 128 Å². The summed E-state index contributed by atoms with van der Waals surface area (Å²) in [6.07, 6.45) is 0. The van der Waals surface area contributed by atoms with Crippen LogP contribution in [0.2, 0.25) is 10.0 Å². The summed E-state index contributed by atoms with van der Waals surface area (Å²) < 4.78 is 5.64. The molecule has 1 aromatic carbocycles. The second-order valence-corrected chi connectivity index (χ2v) is 5.12. The van der Waals surface area contributed by atoms with Crippen molar-refractivity contribution < 1.29 is 4.74 Å². The van der Waals surface area contributed by atoms with Gasteiger partial charge in [0, 0.05) is 11.6 Å². The minimum atomic E-state index is 0.376. The Morgan fingerprint density at radius 3 is 2.50 bits per heavy atom. The van der Waals surface area contributed by atoms with E-state index in [2.05, 4.69) is 10.3 Å². The molecule has 20 heavy (non-hydrogen) atoms. The summed E-state index contributed by atoms with van der Waals surface area (Å²) in [5.74, 6) is 0.807. The fourth-order valence-electron chi connectivity index (χ4n) is 1.71. The van der Waals surface area contributed by atoms with E-state index in [1.165, 1.54) is 0 Å². The molecule has 2 rings (SSSR count). The van der Waals surface area contributed by atoms with Gasteiger partial charge in [0.15, 0.2) is 0 Å². The Morgan fingerprint density at radius 1 is 1.05 bits per heavy atom. The van der Waals surface area contributed by atoms with Crippen LogP contribution in [-0.4, -0.2) is 11.5 Å². The molecule has 0 fully saturated rings. The van der Waals surface area contributed by atoms with Gasteiger partial charge in [0.2, 0.25) is 0 Å². The summed E-state index contributed by atoms with van der Waals surface area (Å²) in [7, 11) is 0. The monoisotopic (exact) mass is 310 g/mol. The van der Waals surface area contributed by atoms with Crippen molar-refractivity contribution in [1.82, 2.24) is 4.98 Å². The molecule has 0 aliphatic carbocycles. The topological polar surface area (TPSA) is 34.1 Å². The molecule has 0 unspecified atom stereocenters. The lowest BCUT2D eigenvalue weighted by atomic mass is 10.2. The zero-order valence-electron chi connectivity index (χ0n) is 11.2. The number of anilines is 1. The normalized spacial score (nSPS) is 10.6. The molecule has 1 aromatic heterocycles. The highest BCUT2D eigenvalue weighted by Crippen LogP contribution is 2.18. The van der Waals surface area contributed by atoms with Crippen molar-refractivity contribution in [2.24, 2.45) is 0 Å². The average molecular weight is 311 g/mol. The first-order valence-corrected chi connectivity index (χ1v) is 7.16. The number of ether oxygens (including phenoxy) is 1. The van der Waals surface area contributed by atoms with E-state index in [4.69, 9.17) is 27.9 Å². The summed E-state index contributed by atoms with van der Waals surface area (Å²) >= 11 is 11.9. The molecule has 0 spiro atoms. The molecule has 0 saturated heterocycles. The second kappa shape index (κ2) is 7.48. The van der Waals surface area contributed by atoms with Crippen LogP contribution in [0.5, 0.6) is 0 Å². The summed E-state index contributed by atoms with van der Waals surface area (Å²) in [5, 5.41) is 4.48. The molecule has 0 aliphatic heterocycles. The van der Waals surface area contributed by atoms with E-state index in [9.17, 15) is 0 Å². The quantitative estimate of drug-likeness (QED) is 0.850. The SMILES string of the molecule is CCNc1ccc(Cl)c(COCc2ccc(Cl)cc2)n1. The maximum absolute atomic E-state index is 6.11. The maximum atomic E-state index is 6.11. The number of nitrogens with one attached hydrogen (secondary N) is 1. The molecule has 0 amide bonds. The Kier molecular flexibility index (Phi) is 5.65. The summed E-state index contributed by atoms with van der Waals surface area (Å²) in [4.78, 5) is 4.42. The maximum Gasteiger partial charge on any atom is 0.126 e. The van der Waals surface area contributed by atoms with Gasteiger partial charge in [-0.25, -0.2) is 4.98 Å². The lowest BCUT2D eigenvalue weighted by Crippen LogP contribution is -2.03. The average Bonchev–Trinajstić information content (AvgIpc) is 2.45. The van der Waals surface area contributed by atoms with Crippen LogP contribution in [0.1, 0.15) is 18.2 Å². The molecule has 106 valence electrons. The highest BCUT2D eigenvalue weighted by Gasteiger charge is 2.04. The zero-order valence-corrected chi connectivity index (χ0v) is 12.7. The Morgan fingerprint density at radius 2 is 1.80 bits per heavy atom. The van der Waals surface area contributed by atoms with Crippen molar-refractivity contribution in [1.29, 1.82) is 0 Å². The molecule has 3 nitrogen and oxygen atoms in total. The van der Waals surface area contributed by atoms with Crippen molar-refractivity contribution in [2.75, 3.05) is 11.9 Å². The molecule has 0 saturated carbocycles. The van der Waals surface area contributed by atoms with Crippen molar-refractivity contribution in [3.05, 3.63) is 57.7 Å². The molecule has 5 heteroatoms. The lowest BCUT2D eigenvalue weighted by Gasteiger charge is -2.08. The summed E-state index contributed by atoms with van der Waals surface area (Å²) in [5.41, 5.74) is 1.80. The lowest BCUT2D eigenvalue weighted by molar-refractivity contribution is 0.105. The van der Waals surface area contributed by atoms with Crippen molar-refractivity contribution in [2.45, 2.75) is 20.1 Å². The highest BCUT2D eigenvalue weighted by atomic mass is 35.5. The van der Waals surface area contributed by atoms with Gasteiger partial charge < -0.3 is 10.1 Å². The number of benzene rings is 1. The van der Waals surface area contributed by atoms with E-state index in [0.717, 1.165) is 28.6 Å². The zero-order chi connectivity index (χ0) is 14.4. The van der Waals surface area contributed by atoms with Crippen LogP contribution in [0.15, 0.2) is 36.4 Å². The van der Waals surface area contributed by atoms with Gasteiger partial charge in [0.25, 0.3) is 0 Å². The van der Waals surface area contributed by atoms with Gasteiger partial charge in [-0.3, -0.25) is 0 Å². The highest BCUT2D eigenvalue weighted by molar-refractivity contribution is 6.31. The fraction of sp³-hybridized carbons (Fsp3) is 0.267. The molecule has 0 aliphatic rings. The summed E-state index contributed by atoms with van der Waals surface area (Å²) in [6, 6.07) is 11.2. The molecule has 1 heterocycles. The smallest absolute Gasteiger partial charge is 0.126 e. The first-order valence-electron chi connectivity index (χ1n) is 6.40. The van der Waals surface area contributed by atoms with Gasteiger partial charge >= 0.3 is 0 Å². The third-order valence-corrected chi connectivity index (χ3v) is 3.29. The van der Waals surface area contributed by atoms with E-state index >= 15 is 0 Å². The molecule has 0 radical (unpaired) electrons. The molecule has 0 atom stereocenters. The predicted molar refractivity (Wildman–Crippen MR) is 83.4 cm³/mol. The Balaban J connectivity index is 1.93. The third kappa shape index (κ3) is 4.37. The van der Waals surface area contributed by atoms with Crippen LogP contribution in [0.4, 0.5) is 5.82 Å². The van der Waals surface area contributed by atoms with Gasteiger partial charge in [-0.05, 0) is 36.8 Å². The molecule has 2 aromatic rings. The third-order valence-electron chi connectivity index (χ3n) is 2.70. The van der Waals surface area contributed by atoms with Crippen LogP contribution in [0.25, 0.3) is 0 Å². The van der Waals surface area contributed by atoms with Gasteiger partial charge in [0.1, 0.15) is 5.82 Å². The van der Waals surface area contributed by atoms with E-state index < -0.39 is 0 Å². The second-order valence-electron chi connectivity index (χ2n) is 4.27. The molecular weight excluding hydrogens is 295 g/mol. The van der Waals surface area contributed by atoms with Crippen LogP contribution in [0.3, 0.4) is 0 Å². The van der Waals surface area contributed by atoms with E-state index in [0.29, 0.717) is 18.2 Å². The number of hydrogen-bond acceptors (Lipinski definition) is 3. The molecule has 0 bridgehead atoms. The first kappa shape index (κ1) is 15.1. The van der Waals surface area contributed by atoms with Gasteiger partial charge in [-0.15, -0.1) is 0 Å². The minimum absolute atomic E-state index is 0.376. The van der Waals surface area contributed by atoms with Crippen LogP contribution in [0, 0.1) is 0 Å². The van der Waals surface area contributed by atoms with Crippen LogP contribution < -0.4 is 5.32 Å². The van der Waals surface area contributed by atoms with E-state index in [1.54, 1.807) is 0 Å². The fourth-order valence-corrected chi connectivity index (χ4v) is 2.00. The minimum Gasteiger partial charge on any atom is -0.370 e. The van der Waals surface area contributed by atoms with Crippen molar-refractivity contribution in [3.8, 4) is 0 Å². The van der Waals surface area contributed by atoms with E-state index in [-0.39, 0.29) is 0 Å². The van der Waals surface area contributed by atoms with Crippen molar-refractivity contribution in [3.63, 3.8) is 0 Å². The van der Waals surface area contributed by atoms with E-state index in [1.807, 2.05) is 43.3 Å². The molecule has 1 N–H and O–H groups in total.